The minimum absolute atomic E-state index is 0.237. The molecule has 1 fully saturated rings. The molecule has 232 valence electrons. The second-order valence-electron chi connectivity index (χ2n) is 12.0. The number of likely N-dealkylation sites (N-methyl/N-ethyl adjacent to an activating group) is 1. The van der Waals surface area contributed by atoms with Gasteiger partial charge in [0.2, 0.25) is 5.91 Å². The third-order valence-corrected chi connectivity index (χ3v) is 7.82. The highest BCUT2D eigenvalue weighted by molar-refractivity contribution is 9.10. The number of aromatic nitrogens is 1. The van der Waals surface area contributed by atoms with E-state index in [4.69, 9.17) is 14.2 Å². The zero-order valence-corrected chi connectivity index (χ0v) is 26.9. The van der Waals surface area contributed by atoms with Crippen LogP contribution in [0.25, 0.3) is 10.9 Å². The van der Waals surface area contributed by atoms with E-state index in [-0.39, 0.29) is 25.1 Å². The number of piperidine rings is 1. The smallest absolute Gasteiger partial charge is 0.407 e. The summed E-state index contributed by atoms with van der Waals surface area (Å²) in [5.41, 5.74) is 0.0979. The van der Waals surface area contributed by atoms with Gasteiger partial charge in [0.25, 0.3) is 0 Å². The highest BCUT2D eigenvalue weighted by Gasteiger charge is 2.43. The lowest BCUT2D eigenvalue weighted by molar-refractivity contribution is -0.134. The van der Waals surface area contributed by atoms with Crippen LogP contribution < -0.4 is 20.1 Å². The number of alkyl halides is 1. The van der Waals surface area contributed by atoms with Crippen LogP contribution in [0.5, 0.6) is 11.5 Å². The topological polar surface area (TPSA) is 102 Å². The molecule has 1 saturated heterocycles. The summed E-state index contributed by atoms with van der Waals surface area (Å²) in [5, 5.41) is 6.30. The van der Waals surface area contributed by atoms with Crippen molar-refractivity contribution in [1.29, 1.82) is 0 Å². The first kappa shape index (κ1) is 32.5. The zero-order chi connectivity index (χ0) is 31.2. The number of alkyl carbamates (subject to hydrolysis) is 1. The quantitative estimate of drug-likeness (QED) is 0.284. The average molecular weight is 660 g/mol. The Morgan fingerprint density at radius 1 is 1.19 bits per heavy atom. The van der Waals surface area contributed by atoms with Gasteiger partial charge in [0.15, 0.2) is 17.7 Å². The number of carbonyl (C=O) groups excluding carboxylic acids is 2. The van der Waals surface area contributed by atoms with E-state index in [1.807, 2.05) is 54.4 Å². The van der Waals surface area contributed by atoms with Gasteiger partial charge in [-0.3, -0.25) is 14.7 Å². The van der Waals surface area contributed by atoms with E-state index >= 15 is 4.39 Å². The van der Waals surface area contributed by atoms with Gasteiger partial charge in [-0.15, -0.1) is 0 Å². The molecule has 2 aromatic carbocycles. The normalized spacial score (nSPS) is 19.8. The van der Waals surface area contributed by atoms with Gasteiger partial charge in [-0.1, -0.05) is 30.3 Å². The number of rotatable bonds is 10. The van der Waals surface area contributed by atoms with Crippen molar-refractivity contribution in [1.82, 2.24) is 20.5 Å². The summed E-state index contributed by atoms with van der Waals surface area (Å²) in [6.07, 6.45) is 0.703. The van der Waals surface area contributed by atoms with E-state index in [0.717, 1.165) is 10.0 Å². The highest BCUT2D eigenvalue weighted by atomic mass is 79.9. The van der Waals surface area contributed by atoms with Crippen molar-refractivity contribution < 1.29 is 28.2 Å². The van der Waals surface area contributed by atoms with E-state index in [2.05, 4.69) is 31.5 Å². The number of likely N-dealkylation sites (tertiary alicyclic amines) is 1. The summed E-state index contributed by atoms with van der Waals surface area (Å²) in [6.45, 7) is 7.55. The van der Waals surface area contributed by atoms with Crippen LogP contribution in [-0.2, 0) is 16.1 Å². The number of pyridine rings is 1. The fourth-order valence-corrected chi connectivity index (χ4v) is 5.28. The molecule has 0 saturated carbocycles. The molecule has 3 aromatic rings. The maximum atomic E-state index is 15.2. The molecule has 2 amide bonds. The first-order valence-electron chi connectivity index (χ1n) is 14.3. The first-order valence-corrected chi connectivity index (χ1v) is 15.1. The summed E-state index contributed by atoms with van der Waals surface area (Å²) < 4.78 is 33.4. The summed E-state index contributed by atoms with van der Waals surface area (Å²) in [4.78, 5) is 32.0. The molecule has 0 radical (unpaired) electrons. The van der Waals surface area contributed by atoms with Crippen LogP contribution in [-0.4, -0.2) is 72.0 Å². The van der Waals surface area contributed by atoms with Crippen molar-refractivity contribution in [3.05, 3.63) is 64.8 Å². The molecule has 2 heterocycles. The van der Waals surface area contributed by atoms with E-state index in [1.165, 1.54) is 0 Å². The van der Waals surface area contributed by atoms with Gasteiger partial charge < -0.3 is 24.8 Å². The standard InChI is InChI=1S/C32H40BrFN4O5/c1-31(2,3)43-30(40)37-24-13-14-38(5)32(4,16-24)29(39)36-18-23(34)20-42-28-25-15-22(33)17-35-26(25)11-12-27(28)41-19-21-9-7-6-8-10-21/h6-12,15,17,23-24H,13-14,16,18-20H2,1-5H3,(H,36,39)(H,37,40). The van der Waals surface area contributed by atoms with Crippen molar-refractivity contribution in [2.24, 2.45) is 0 Å². The third kappa shape index (κ3) is 8.79. The predicted molar refractivity (Wildman–Crippen MR) is 167 cm³/mol. The monoisotopic (exact) mass is 658 g/mol. The lowest BCUT2D eigenvalue weighted by atomic mass is 9.85. The molecule has 1 aromatic heterocycles. The predicted octanol–water partition coefficient (Wildman–Crippen LogP) is 5.79. The zero-order valence-electron chi connectivity index (χ0n) is 25.3. The van der Waals surface area contributed by atoms with Crippen LogP contribution in [0.2, 0.25) is 0 Å². The van der Waals surface area contributed by atoms with E-state index in [1.54, 1.807) is 40.0 Å². The van der Waals surface area contributed by atoms with Gasteiger partial charge >= 0.3 is 6.09 Å². The number of hydrogen-bond acceptors (Lipinski definition) is 7. The summed E-state index contributed by atoms with van der Waals surface area (Å²) in [6, 6.07) is 14.9. The van der Waals surface area contributed by atoms with Crippen LogP contribution in [0.4, 0.5) is 9.18 Å². The molecular formula is C32H40BrFN4O5. The van der Waals surface area contributed by atoms with Gasteiger partial charge in [-0.2, -0.15) is 0 Å². The van der Waals surface area contributed by atoms with Gasteiger partial charge in [0, 0.05) is 28.6 Å². The molecule has 0 bridgehead atoms. The Morgan fingerprint density at radius 2 is 1.93 bits per heavy atom. The molecule has 1 aliphatic heterocycles. The number of amides is 2. The first-order chi connectivity index (χ1) is 20.3. The molecule has 4 rings (SSSR count). The summed E-state index contributed by atoms with van der Waals surface area (Å²) >= 11 is 3.45. The number of carbonyl (C=O) groups is 2. The SMILES string of the molecule is CN1CCC(NC(=O)OC(C)(C)C)CC1(C)C(=O)NCC(F)COc1c(OCc2ccccc2)ccc2ncc(Br)cc12. The Bertz CT molecular complexity index is 1420. The molecule has 3 unspecified atom stereocenters. The Kier molecular flexibility index (Phi) is 10.5. The molecule has 43 heavy (non-hydrogen) atoms. The van der Waals surface area contributed by atoms with Crippen molar-refractivity contribution in [2.45, 2.75) is 70.5 Å². The molecule has 2 N–H and O–H groups in total. The Morgan fingerprint density at radius 3 is 2.65 bits per heavy atom. The second kappa shape index (κ2) is 13.9. The van der Waals surface area contributed by atoms with Crippen LogP contribution in [0.15, 0.2) is 59.2 Å². The lowest BCUT2D eigenvalue weighted by Crippen LogP contribution is -2.62. The molecule has 0 spiro atoms. The van der Waals surface area contributed by atoms with Crippen molar-refractivity contribution in [2.75, 3.05) is 26.7 Å². The number of nitrogens with zero attached hydrogens (tertiary/aromatic N) is 2. The fraction of sp³-hybridized carbons (Fsp3) is 0.469. The van der Waals surface area contributed by atoms with Crippen LogP contribution >= 0.6 is 15.9 Å². The number of fused-ring (bicyclic) bond motifs is 1. The maximum absolute atomic E-state index is 15.2. The maximum Gasteiger partial charge on any atom is 0.407 e. The minimum atomic E-state index is -1.49. The van der Waals surface area contributed by atoms with E-state index in [9.17, 15) is 9.59 Å². The average Bonchev–Trinajstić information content (AvgIpc) is 2.95. The van der Waals surface area contributed by atoms with Crippen LogP contribution in [0.1, 0.15) is 46.1 Å². The Hall–Kier alpha value is -3.44. The van der Waals surface area contributed by atoms with Gasteiger partial charge in [-0.05, 0) is 87.3 Å². The van der Waals surface area contributed by atoms with Crippen molar-refractivity contribution >= 4 is 38.8 Å². The van der Waals surface area contributed by atoms with E-state index < -0.39 is 23.4 Å². The number of halogens is 2. The molecule has 11 heteroatoms. The fourth-order valence-electron chi connectivity index (χ4n) is 4.95. The molecule has 0 aliphatic carbocycles. The molecule has 3 atom stereocenters. The molecule has 1 aliphatic rings. The summed E-state index contributed by atoms with van der Waals surface area (Å²) in [5.74, 6) is 0.525. The largest absolute Gasteiger partial charge is 0.486 e. The molecular weight excluding hydrogens is 619 g/mol. The van der Waals surface area contributed by atoms with E-state index in [0.29, 0.717) is 48.4 Å². The van der Waals surface area contributed by atoms with Gasteiger partial charge in [0.05, 0.1) is 17.6 Å². The second-order valence-corrected chi connectivity index (χ2v) is 13.0. The van der Waals surface area contributed by atoms with Crippen LogP contribution in [0, 0.1) is 0 Å². The number of benzene rings is 2. The van der Waals surface area contributed by atoms with Crippen LogP contribution in [0.3, 0.4) is 0 Å². The third-order valence-electron chi connectivity index (χ3n) is 7.39. The minimum Gasteiger partial charge on any atom is -0.486 e. The molecule has 9 nitrogen and oxygen atoms in total. The van der Waals surface area contributed by atoms with Gasteiger partial charge in [0.1, 0.15) is 18.8 Å². The van der Waals surface area contributed by atoms with Gasteiger partial charge in [-0.25, -0.2) is 9.18 Å². The Balaban J connectivity index is 1.38. The number of ether oxygens (including phenoxy) is 3. The number of hydrogen-bond donors (Lipinski definition) is 2. The highest BCUT2D eigenvalue weighted by Crippen LogP contribution is 2.37. The number of nitrogens with one attached hydrogen (secondary N) is 2. The van der Waals surface area contributed by atoms with Crippen molar-refractivity contribution in [3.8, 4) is 11.5 Å². The Labute approximate surface area is 260 Å². The summed E-state index contributed by atoms with van der Waals surface area (Å²) in [7, 11) is 1.85. The van der Waals surface area contributed by atoms with Crippen molar-refractivity contribution in [3.63, 3.8) is 0 Å². The lowest BCUT2D eigenvalue weighted by Gasteiger charge is -2.44.